The highest BCUT2D eigenvalue weighted by Crippen LogP contribution is 2.33. The number of ketones is 1. The van der Waals surface area contributed by atoms with Crippen LogP contribution in [-0.4, -0.2) is 23.3 Å². The van der Waals surface area contributed by atoms with Gasteiger partial charge in [0.05, 0.1) is 5.54 Å². The van der Waals surface area contributed by atoms with Gasteiger partial charge in [-0.05, 0) is 45.0 Å². The summed E-state index contributed by atoms with van der Waals surface area (Å²) in [6, 6.07) is 6.91. The van der Waals surface area contributed by atoms with Crippen LogP contribution in [0.3, 0.4) is 0 Å². The molecule has 0 radical (unpaired) electrons. The third kappa shape index (κ3) is 1.93. The van der Waals surface area contributed by atoms with Crippen LogP contribution in [0.15, 0.2) is 24.3 Å². The molecule has 1 aliphatic rings. The number of hydrogen-bond acceptors (Lipinski definition) is 3. The van der Waals surface area contributed by atoms with E-state index in [1.54, 1.807) is 29.2 Å². The Balaban J connectivity index is 2.37. The quantitative estimate of drug-likeness (QED) is 0.808. The number of hydrogen-bond donors (Lipinski definition) is 1. The summed E-state index contributed by atoms with van der Waals surface area (Å²) in [7, 11) is 0. The van der Waals surface area contributed by atoms with Crippen LogP contribution in [0.1, 0.15) is 37.6 Å². The molecule has 0 saturated carbocycles. The lowest BCUT2D eigenvalue weighted by Crippen LogP contribution is -2.49. The maximum atomic E-state index is 12.0. The molecule has 96 valence electrons. The van der Waals surface area contributed by atoms with Gasteiger partial charge in [0, 0.05) is 23.7 Å². The average Bonchev–Trinajstić information content (AvgIpc) is 2.48. The molecule has 4 heteroatoms. The molecule has 0 aliphatic carbocycles. The smallest absolute Gasteiger partial charge is 0.229 e. The lowest BCUT2D eigenvalue weighted by atomic mass is 9.96. The molecule has 1 aromatic rings. The van der Waals surface area contributed by atoms with Crippen molar-refractivity contribution < 1.29 is 9.59 Å². The number of nitrogens with zero attached hydrogens (tertiary/aromatic N) is 1. The summed E-state index contributed by atoms with van der Waals surface area (Å²) in [5, 5.41) is 0. The number of Topliss-reactive ketones (excluding diaryl/α,β-unsaturated/α-hetero) is 1. The molecule has 1 aliphatic heterocycles. The Hall–Kier alpha value is -1.68. The van der Waals surface area contributed by atoms with Crippen LogP contribution < -0.4 is 10.6 Å². The van der Waals surface area contributed by atoms with Crippen molar-refractivity contribution in [2.75, 3.05) is 4.90 Å². The fraction of sp³-hybridized carbons (Fsp3) is 0.429. The van der Waals surface area contributed by atoms with E-state index < -0.39 is 5.54 Å². The second-order valence-corrected chi connectivity index (χ2v) is 5.30. The molecule has 1 fully saturated rings. The first-order valence-electron chi connectivity index (χ1n) is 6.03. The van der Waals surface area contributed by atoms with Gasteiger partial charge in [0.1, 0.15) is 0 Å². The highest BCUT2D eigenvalue weighted by molar-refractivity contribution is 5.99. The molecular weight excluding hydrogens is 228 g/mol. The fourth-order valence-corrected chi connectivity index (χ4v) is 2.34. The Bertz CT molecular complexity index is 491. The minimum atomic E-state index is -0.394. The van der Waals surface area contributed by atoms with Gasteiger partial charge in [-0.1, -0.05) is 0 Å². The number of carbonyl (C=O) groups excluding carboxylic acids is 2. The van der Waals surface area contributed by atoms with E-state index in [0.717, 1.165) is 5.69 Å². The maximum absolute atomic E-state index is 12.0. The van der Waals surface area contributed by atoms with E-state index in [2.05, 4.69) is 0 Å². The van der Waals surface area contributed by atoms with Crippen molar-refractivity contribution in [3.05, 3.63) is 29.8 Å². The van der Waals surface area contributed by atoms with Gasteiger partial charge < -0.3 is 10.6 Å². The van der Waals surface area contributed by atoms with Crippen molar-refractivity contribution in [1.29, 1.82) is 0 Å². The molecule has 4 nitrogen and oxygen atoms in total. The van der Waals surface area contributed by atoms with Gasteiger partial charge in [-0.25, -0.2) is 0 Å². The molecule has 2 rings (SSSR count). The van der Waals surface area contributed by atoms with Crippen LogP contribution in [0, 0.1) is 0 Å². The van der Waals surface area contributed by atoms with E-state index >= 15 is 0 Å². The van der Waals surface area contributed by atoms with Crippen molar-refractivity contribution in [1.82, 2.24) is 0 Å². The highest BCUT2D eigenvalue weighted by atomic mass is 16.2. The van der Waals surface area contributed by atoms with E-state index in [9.17, 15) is 9.59 Å². The van der Waals surface area contributed by atoms with Crippen molar-refractivity contribution in [3.8, 4) is 0 Å². The van der Waals surface area contributed by atoms with Crippen molar-refractivity contribution in [2.24, 2.45) is 5.73 Å². The Kier molecular flexibility index (Phi) is 2.99. The molecule has 2 N–H and O–H groups in total. The first-order chi connectivity index (χ1) is 8.34. The Morgan fingerprint density at radius 1 is 1.33 bits per heavy atom. The van der Waals surface area contributed by atoms with Gasteiger partial charge in [-0.3, -0.25) is 9.59 Å². The molecule has 1 atom stereocenters. The van der Waals surface area contributed by atoms with Crippen LogP contribution in [0.25, 0.3) is 0 Å². The molecule has 18 heavy (non-hydrogen) atoms. The SMILES string of the molecule is CC(=O)c1ccc(N2C(=O)CC(N)C2(C)C)cc1. The molecule has 1 heterocycles. The molecule has 1 unspecified atom stereocenters. The highest BCUT2D eigenvalue weighted by Gasteiger charge is 2.44. The van der Waals surface area contributed by atoms with Crippen LogP contribution in [0.5, 0.6) is 0 Å². The third-order valence-electron chi connectivity index (χ3n) is 3.66. The first kappa shape index (κ1) is 12.8. The molecule has 1 amide bonds. The predicted octanol–water partition coefficient (Wildman–Crippen LogP) is 1.73. The number of anilines is 1. The van der Waals surface area contributed by atoms with Gasteiger partial charge in [-0.2, -0.15) is 0 Å². The van der Waals surface area contributed by atoms with Crippen molar-refractivity contribution in [3.63, 3.8) is 0 Å². The second kappa shape index (κ2) is 4.21. The number of rotatable bonds is 2. The Morgan fingerprint density at radius 2 is 1.89 bits per heavy atom. The zero-order valence-corrected chi connectivity index (χ0v) is 10.9. The third-order valence-corrected chi connectivity index (χ3v) is 3.66. The summed E-state index contributed by atoms with van der Waals surface area (Å²) >= 11 is 0. The maximum Gasteiger partial charge on any atom is 0.229 e. The molecule has 0 aromatic heterocycles. The summed E-state index contributed by atoms with van der Waals surface area (Å²) in [5.74, 6) is 0.0494. The number of nitrogens with two attached hydrogens (primary N) is 1. The normalized spacial score (nSPS) is 22.3. The van der Waals surface area contributed by atoms with Crippen molar-refractivity contribution in [2.45, 2.75) is 38.8 Å². The zero-order chi connectivity index (χ0) is 13.5. The number of carbonyl (C=O) groups is 2. The largest absolute Gasteiger partial charge is 0.325 e. The molecule has 0 spiro atoms. The lowest BCUT2D eigenvalue weighted by molar-refractivity contribution is -0.117. The Morgan fingerprint density at radius 3 is 2.28 bits per heavy atom. The van der Waals surface area contributed by atoms with Gasteiger partial charge in [0.15, 0.2) is 5.78 Å². The van der Waals surface area contributed by atoms with Gasteiger partial charge in [0.2, 0.25) is 5.91 Å². The summed E-state index contributed by atoms with van der Waals surface area (Å²) < 4.78 is 0. The monoisotopic (exact) mass is 246 g/mol. The van der Waals surface area contributed by atoms with Gasteiger partial charge >= 0.3 is 0 Å². The van der Waals surface area contributed by atoms with E-state index in [1.165, 1.54) is 6.92 Å². The van der Waals surface area contributed by atoms with Gasteiger partial charge in [0.25, 0.3) is 0 Å². The summed E-state index contributed by atoms with van der Waals surface area (Å²) in [4.78, 5) is 24.9. The lowest BCUT2D eigenvalue weighted by Gasteiger charge is -2.34. The number of amides is 1. The van der Waals surface area contributed by atoms with E-state index in [-0.39, 0.29) is 17.7 Å². The van der Waals surface area contributed by atoms with Crippen LogP contribution in [0.2, 0.25) is 0 Å². The standard InChI is InChI=1S/C14H18N2O2/c1-9(17)10-4-6-11(7-5-10)16-13(18)8-12(15)14(16,2)3/h4-7,12H,8,15H2,1-3H3. The van der Waals surface area contributed by atoms with Crippen LogP contribution >= 0.6 is 0 Å². The number of benzene rings is 1. The molecule has 1 saturated heterocycles. The zero-order valence-electron chi connectivity index (χ0n) is 10.9. The second-order valence-electron chi connectivity index (χ2n) is 5.30. The van der Waals surface area contributed by atoms with E-state index in [0.29, 0.717) is 12.0 Å². The summed E-state index contributed by atoms with van der Waals surface area (Å²) in [5.41, 5.74) is 7.04. The predicted molar refractivity (Wildman–Crippen MR) is 70.6 cm³/mol. The summed E-state index contributed by atoms with van der Waals surface area (Å²) in [6.07, 6.45) is 0.363. The first-order valence-corrected chi connectivity index (χ1v) is 6.03. The molecular formula is C14H18N2O2. The van der Waals surface area contributed by atoms with Crippen LogP contribution in [-0.2, 0) is 4.79 Å². The molecule has 0 bridgehead atoms. The topological polar surface area (TPSA) is 63.4 Å². The van der Waals surface area contributed by atoms with Crippen LogP contribution in [0.4, 0.5) is 5.69 Å². The van der Waals surface area contributed by atoms with Crippen molar-refractivity contribution >= 4 is 17.4 Å². The minimum absolute atomic E-state index is 0.0188. The van der Waals surface area contributed by atoms with E-state index in [1.807, 2.05) is 13.8 Å². The minimum Gasteiger partial charge on any atom is -0.325 e. The Labute approximate surface area is 107 Å². The average molecular weight is 246 g/mol. The van der Waals surface area contributed by atoms with Gasteiger partial charge in [-0.15, -0.1) is 0 Å². The fourth-order valence-electron chi connectivity index (χ4n) is 2.34. The van der Waals surface area contributed by atoms with E-state index in [4.69, 9.17) is 5.73 Å². The summed E-state index contributed by atoms with van der Waals surface area (Å²) in [6.45, 7) is 5.44. The molecule has 1 aromatic carbocycles.